The number of fused-ring (bicyclic) bond motifs is 1. The van der Waals surface area contributed by atoms with Gasteiger partial charge in [0.2, 0.25) is 17.7 Å². The van der Waals surface area contributed by atoms with Crippen LogP contribution in [0, 0.1) is 11.8 Å². The predicted octanol–water partition coefficient (Wildman–Crippen LogP) is 1.92. The van der Waals surface area contributed by atoms with Crippen LogP contribution in [0.3, 0.4) is 0 Å². The standard InChI is InChI=1S/C25H31N3O4/c1-15(2)28-21(23(30)27-17-10-6-7-11-17)25-13-12-18(32-25)19(20(25)24(28)31)22(29)26-14-16-8-4-3-5-9-16/h3-5,8-9,12-13,15,17-21H,6-7,10-11,14H2,1-2H3,(H,26,29)(H,27,30)/t18-,19+,20-,21+,25-/m1/s1. The maximum Gasteiger partial charge on any atom is 0.246 e. The Hall–Kier alpha value is -2.67. The van der Waals surface area contributed by atoms with Gasteiger partial charge in [0.05, 0.1) is 17.9 Å². The van der Waals surface area contributed by atoms with Gasteiger partial charge in [0.15, 0.2) is 0 Å². The number of amides is 3. The van der Waals surface area contributed by atoms with Gasteiger partial charge in [-0.05, 0) is 32.3 Å². The minimum atomic E-state index is -1.08. The Bertz CT molecular complexity index is 940. The monoisotopic (exact) mass is 437 g/mol. The molecule has 3 amide bonds. The highest BCUT2D eigenvalue weighted by Crippen LogP contribution is 2.55. The molecule has 1 aromatic rings. The number of benzene rings is 1. The summed E-state index contributed by atoms with van der Waals surface area (Å²) < 4.78 is 6.32. The molecule has 1 aliphatic carbocycles. The molecule has 7 heteroatoms. The van der Waals surface area contributed by atoms with Crippen LogP contribution >= 0.6 is 0 Å². The summed E-state index contributed by atoms with van der Waals surface area (Å²) in [5.41, 5.74) is -0.0886. The number of carbonyl (C=O) groups is 3. The summed E-state index contributed by atoms with van der Waals surface area (Å²) >= 11 is 0. The minimum Gasteiger partial charge on any atom is -0.359 e. The van der Waals surface area contributed by atoms with Gasteiger partial charge in [0, 0.05) is 18.6 Å². The second-order valence-electron chi connectivity index (χ2n) is 9.73. The van der Waals surface area contributed by atoms with Crippen LogP contribution in [0.4, 0.5) is 0 Å². The van der Waals surface area contributed by atoms with Gasteiger partial charge in [-0.25, -0.2) is 0 Å². The molecule has 170 valence electrons. The fourth-order valence-electron chi connectivity index (χ4n) is 6.01. The number of nitrogens with one attached hydrogen (secondary N) is 2. The van der Waals surface area contributed by atoms with Crippen molar-refractivity contribution in [3.63, 3.8) is 0 Å². The van der Waals surface area contributed by atoms with Crippen LogP contribution in [0.15, 0.2) is 42.5 Å². The smallest absolute Gasteiger partial charge is 0.246 e. The molecule has 5 atom stereocenters. The molecular weight excluding hydrogens is 406 g/mol. The normalized spacial score (nSPS) is 33.2. The van der Waals surface area contributed by atoms with E-state index in [0.717, 1.165) is 31.2 Å². The van der Waals surface area contributed by atoms with Gasteiger partial charge in [0.1, 0.15) is 11.6 Å². The zero-order valence-electron chi connectivity index (χ0n) is 18.6. The zero-order chi connectivity index (χ0) is 22.5. The lowest BCUT2D eigenvalue weighted by Crippen LogP contribution is -2.57. The van der Waals surface area contributed by atoms with Gasteiger partial charge in [-0.2, -0.15) is 0 Å². The molecule has 0 aromatic heterocycles. The number of hydrogen-bond acceptors (Lipinski definition) is 4. The Labute approximate surface area is 188 Å². The quantitative estimate of drug-likeness (QED) is 0.666. The molecule has 0 radical (unpaired) electrons. The van der Waals surface area contributed by atoms with Crippen molar-refractivity contribution < 1.29 is 19.1 Å². The number of nitrogens with zero attached hydrogens (tertiary/aromatic N) is 1. The molecule has 4 aliphatic rings. The molecule has 0 unspecified atom stereocenters. The Morgan fingerprint density at radius 1 is 1.16 bits per heavy atom. The first-order valence-corrected chi connectivity index (χ1v) is 11.7. The minimum absolute atomic E-state index is 0.148. The van der Waals surface area contributed by atoms with Crippen molar-refractivity contribution in [1.82, 2.24) is 15.5 Å². The SMILES string of the molecule is CC(C)N1C(=O)[C@H]2[C@@H](C(=O)NCc3ccccc3)[C@H]3C=C[C@]2(O3)[C@@H]1C(=O)NC1CCCC1. The summed E-state index contributed by atoms with van der Waals surface area (Å²) in [5, 5.41) is 6.14. The second kappa shape index (κ2) is 8.03. The highest BCUT2D eigenvalue weighted by molar-refractivity contribution is 6.00. The van der Waals surface area contributed by atoms with Crippen molar-refractivity contribution in [2.75, 3.05) is 0 Å². The average molecular weight is 438 g/mol. The fraction of sp³-hybridized carbons (Fsp3) is 0.560. The highest BCUT2D eigenvalue weighted by atomic mass is 16.5. The first-order valence-electron chi connectivity index (χ1n) is 11.7. The lowest BCUT2D eigenvalue weighted by molar-refractivity contribution is -0.143. The highest BCUT2D eigenvalue weighted by Gasteiger charge is 2.73. The third kappa shape index (κ3) is 3.25. The van der Waals surface area contributed by atoms with Crippen LogP contribution < -0.4 is 10.6 Å². The Kier molecular flexibility index (Phi) is 5.32. The van der Waals surface area contributed by atoms with Crippen LogP contribution in [0.1, 0.15) is 45.1 Å². The van der Waals surface area contributed by atoms with E-state index in [4.69, 9.17) is 4.74 Å². The molecule has 2 bridgehead atoms. The first kappa shape index (κ1) is 21.2. The van der Waals surface area contributed by atoms with E-state index in [1.807, 2.05) is 56.3 Å². The Morgan fingerprint density at radius 3 is 2.56 bits per heavy atom. The maximum atomic E-state index is 13.6. The second-order valence-corrected chi connectivity index (χ2v) is 9.73. The molecule has 1 aromatic carbocycles. The predicted molar refractivity (Wildman–Crippen MR) is 118 cm³/mol. The van der Waals surface area contributed by atoms with Crippen LogP contribution in [0.2, 0.25) is 0 Å². The van der Waals surface area contributed by atoms with E-state index in [1.54, 1.807) is 4.90 Å². The van der Waals surface area contributed by atoms with E-state index in [2.05, 4.69) is 10.6 Å². The van der Waals surface area contributed by atoms with Gasteiger partial charge < -0.3 is 20.3 Å². The number of carbonyl (C=O) groups excluding carboxylic acids is 3. The largest absolute Gasteiger partial charge is 0.359 e. The third-order valence-corrected chi connectivity index (χ3v) is 7.43. The first-order chi connectivity index (χ1) is 15.4. The van der Waals surface area contributed by atoms with Gasteiger partial charge in [-0.1, -0.05) is 55.3 Å². The van der Waals surface area contributed by atoms with Crippen LogP contribution in [0.25, 0.3) is 0 Å². The summed E-state index contributed by atoms with van der Waals surface area (Å²) in [6.45, 7) is 4.21. The van der Waals surface area contributed by atoms with Gasteiger partial charge in [0.25, 0.3) is 0 Å². The van der Waals surface area contributed by atoms with Crippen molar-refractivity contribution >= 4 is 17.7 Å². The summed E-state index contributed by atoms with van der Waals surface area (Å²) in [6, 6.07) is 8.89. The topological polar surface area (TPSA) is 87.7 Å². The van der Waals surface area contributed by atoms with Gasteiger partial charge in [-0.15, -0.1) is 0 Å². The van der Waals surface area contributed by atoms with Crippen LogP contribution in [0.5, 0.6) is 0 Å². The molecule has 7 nitrogen and oxygen atoms in total. The Morgan fingerprint density at radius 2 is 1.88 bits per heavy atom. The Balaban J connectivity index is 1.40. The van der Waals surface area contributed by atoms with Crippen molar-refractivity contribution in [2.45, 2.75) is 75.9 Å². The molecule has 3 fully saturated rings. The van der Waals surface area contributed by atoms with Gasteiger partial charge in [-0.3, -0.25) is 14.4 Å². The molecular formula is C25H31N3O4. The van der Waals surface area contributed by atoms with E-state index in [-0.39, 0.29) is 29.8 Å². The maximum absolute atomic E-state index is 13.6. The van der Waals surface area contributed by atoms with E-state index in [9.17, 15) is 14.4 Å². The molecule has 1 spiro atoms. The fourth-order valence-corrected chi connectivity index (χ4v) is 6.01. The van der Waals surface area contributed by atoms with E-state index in [1.165, 1.54) is 0 Å². The summed E-state index contributed by atoms with van der Waals surface area (Å²) in [4.78, 5) is 41.9. The number of rotatable bonds is 6. The zero-order valence-corrected chi connectivity index (χ0v) is 18.6. The summed E-state index contributed by atoms with van der Waals surface area (Å²) in [6.07, 6.45) is 7.38. The van der Waals surface area contributed by atoms with Crippen LogP contribution in [-0.2, 0) is 25.7 Å². The summed E-state index contributed by atoms with van der Waals surface area (Å²) in [5.74, 6) is -1.86. The molecule has 2 N–H and O–H groups in total. The van der Waals surface area contributed by atoms with Crippen molar-refractivity contribution in [1.29, 1.82) is 0 Å². The van der Waals surface area contributed by atoms with Crippen molar-refractivity contribution in [3.05, 3.63) is 48.0 Å². The van der Waals surface area contributed by atoms with E-state index in [0.29, 0.717) is 6.54 Å². The van der Waals surface area contributed by atoms with E-state index >= 15 is 0 Å². The molecule has 3 aliphatic heterocycles. The molecule has 2 saturated heterocycles. The number of likely N-dealkylation sites (tertiary alicyclic amines) is 1. The van der Waals surface area contributed by atoms with E-state index < -0.39 is 29.6 Å². The van der Waals surface area contributed by atoms with Crippen molar-refractivity contribution in [3.8, 4) is 0 Å². The van der Waals surface area contributed by atoms with Crippen molar-refractivity contribution in [2.24, 2.45) is 11.8 Å². The number of hydrogen-bond donors (Lipinski definition) is 2. The molecule has 1 saturated carbocycles. The summed E-state index contributed by atoms with van der Waals surface area (Å²) in [7, 11) is 0. The number of ether oxygens (including phenoxy) is 1. The van der Waals surface area contributed by atoms with Crippen LogP contribution in [-0.4, -0.2) is 52.5 Å². The van der Waals surface area contributed by atoms with Gasteiger partial charge >= 0.3 is 0 Å². The molecule has 32 heavy (non-hydrogen) atoms. The molecule has 5 rings (SSSR count). The average Bonchev–Trinajstić information content (AvgIpc) is 3.54. The third-order valence-electron chi connectivity index (χ3n) is 7.43. The lowest BCUT2D eigenvalue weighted by atomic mass is 9.74. The lowest BCUT2D eigenvalue weighted by Gasteiger charge is -2.34. The molecule has 3 heterocycles.